The zero-order valence-corrected chi connectivity index (χ0v) is 41.9. The van der Waals surface area contributed by atoms with Gasteiger partial charge in [-0.1, -0.05) is 30.3 Å². The molecule has 3 aromatic carbocycles. The third-order valence-electron chi connectivity index (χ3n) is 15.8. The molecule has 4 aromatic heterocycles. The van der Waals surface area contributed by atoms with Crippen molar-refractivity contribution in [2.75, 3.05) is 56.9 Å². The minimum atomic E-state index is -1.10. The molecule has 4 fully saturated rings. The van der Waals surface area contributed by atoms with Crippen molar-refractivity contribution < 1.29 is 41.2 Å². The molecule has 7 aromatic rings. The Labute approximate surface area is 426 Å². The Morgan fingerprint density at radius 3 is 2.34 bits per heavy atom. The van der Waals surface area contributed by atoms with Gasteiger partial charge in [-0.3, -0.25) is 4.90 Å². The van der Waals surface area contributed by atoms with Crippen LogP contribution in [0.5, 0.6) is 23.4 Å². The Balaban J connectivity index is 1.01. The molecule has 3 saturated heterocycles. The molecule has 8 heterocycles. The van der Waals surface area contributed by atoms with E-state index < -0.39 is 47.5 Å². The quantitative estimate of drug-likeness (QED) is 0.0906. The van der Waals surface area contributed by atoms with Crippen molar-refractivity contribution >= 4 is 33.4 Å². The van der Waals surface area contributed by atoms with E-state index in [2.05, 4.69) is 9.80 Å². The number of rotatable bonds is 15. The van der Waals surface area contributed by atoms with E-state index in [1.54, 1.807) is 20.4 Å². The third-order valence-corrected chi connectivity index (χ3v) is 15.8. The zero-order chi connectivity index (χ0) is 50.8. The molecule has 18 heteroatoms. The molecule has 12 rings (SSSR count). The van der Waals surface area contributed by atoms with Gasteiger partial charge in [0, 0.05) is 55.1 Å². The number of hydrogen-bond donors (Lipinski definition) is 0. The molecule has 7 atom stereocenters. The Kier molecular flexibility index (Phi) is 12.7. The van der Waals surface area contributed by atoms with E-state index in [0.29, 0.717) is 84.0 Å². The van der Waals surface area contributed by atoms with E-state index in [4.69, 9.17) is 48.7 Å². The predicted octanol–water partition coefficient (Wildman–Crippen LogP) is 10.8. The fourth-order valence-electron chi connectivity index (χ4n) is 11.9. The first-order chi connectivity index (χ1) is 36.0. The van der Waals surface area contributed by atoms with Gasteiger partial charge in [-0.15, -0.1) is 0 Å². The monoisotopic (exact) mass is 1010 g/mol. The summed E-state index contributed by atoms with van der Waals surface area (Å²) in [4.78, 5) is 26.0. The van der Waals surface area contributed by atoms with Gasteiger partial charge in [-0.25, -0.2) is 32.2 Å². The average Bonchev–Trinajstić information content (AvgIpc) is 3.69. The predicted molar refractivity (Wildman–Crippen MR) is 272 cm³/mol. The summed E-state index contributed by atoms with van der Waals surface area (Å²) >= 11 is 0. The van der Waals surface area contributed by atoms with Gasteiger partial charge in [0.25, 0.3) is 0 Å². The summed E-state index contributed by atoms with van der Waals surface area (Å²) in [5, 5.41) is 5.55. The molecule has 74 heavy (non-hydrogen) atoms. The lowest BCUT2D eigenvalue weighted by atomic mass is 9.95. The second-order valence-corrected chi connectivity index (χ2v) is 20.6. The lowest BCUT2D eigenvalue weighted by molar-refractivity contribution is -0.0366. The Bertz CT molecular complexity index is 3160. The van der Waals surface area contributed by atoms with Crippen molar-refractivity contribution in [3.63, 3.8) is 0 Å². The van der Waals surface area contributed by atoms with Gasteiger partial charge in [0.1, 0.15) is 71.1 Å². The molecule has 4 aliphatic heterocycles. The number of halogens is 4. The molecular formula is C56H59F4N9O5. The van der Waals surface area contributed by atoms with Crippen LogP contribution in [0.15, 0.2) is 79.1 Å². The van der Waals surface area contributed by atoms with Gasteiger partial charge in [-0.05, 0) is 112 Å². The lowest BCUT2D eigenvalue weighted by Crippen LogP contribution is -2.43. The first-order valence-electron chi connectivity index (χ1n) is 25.8. The number of benzene rings is 3. The van der Waals surface area contributed by atoms with E-state index in [-0.39, 0.29) is 53.7 Å². The highest BCUT2D eigenvalue weighted by Crippen LogP contribution is 2.51. The summed E-state index contributed by atoms with van der Waals surface area (Å²) in [5.74, 6) is 0.470. The number of ether oxygens (including phenoxy) is 5. The van der Waals surface area contributed by atoms with Crippen molar-refractivity contribution in [1.82, 2.24) is 34.6 Å². The van der Waals surface area contributed by atoms with Crippen molar-refractivity contribution in [2.45, 2.75) is 114 Å². The molecule has 5 aliphatic rings. The SMILES string of the molecule is COc1ccc(CN(Cc2ccc(OC)cc2)c2ncc(F)cc2[C@@H](C)N2c3nc(OC[C@@]45CCCN4C[C@H](F)C5)nc4c(F)c(-c5c(C6CC6F)ccc6c5cnn6C5CCCCO5)nc(c34)OC[C@@H]2C)cc1. The van der Waals surface area contributed by atoms with E-state index in [0.717, 1.165) is 49.8 Å². The minimum absolute atomic E-state index is 0.0582. The Morgan fingerprint density at radius 2 is 1.65 bits per heavy atom. The van der Waals surface area contributed by atoms with Crippen LogP contribution in [0.4, 0.5) is 29.2 Å². The smallest absolute Gasteiger partial charge is 0.319 e. The number of aromatic nitrogens is 6. The fourth-order valence-corrected chi connectivity index (χ4v) is 11.9. The second kappa shape index (κ2) is 19.5. The zero-order valence-electron chi connectivity index (χ0n) is 41.9. The fraction of sp³-hybridized carbons (Fsp3) is 0.446. The third kappa shape index (κ3) is 8.76. The number of nitrogens with zero attached hydrogens (tertiary/aromatic N) is 9. The molecule has 1 aliphatic carbocycles. The number of pyridine rings is 2. The molecule has 0 N–H and O–H groups in total. The largest absolute Gasteiger partial charge is 0.497 e. The summed E-state index contributed by atoms with van der Waals surface area (Å²) in [6.45, 7) is 6.49. The highest BCUT2D eigenvalue weighted by Gasteiger charge is 2.50. The van der Waals surface area contributed by atoms with Gasteiger partial charge < -0.3 is 33.5 Å². The van der Waals surface area contributed by atoms with Crippen LogP contribution in [-0.4, -0.2) is 106 Å². The average molecular weight is 1010 g/mol. The summed E-state index contributed by atoms with van der Waals surface area (Å²) in [7, 11) is 3.24. The number of alkyl halides is 2. The molecule has 0 radical (unpaired) electrons. The Hall–Kier alpha value is -6.79. The van der Waals surface area contributed by atoms with Crippen LogP contribution in [0.3, 0.4) is 0 Å². The molecule has 0 spiro atoms. The number of anilines is 2. The molecular weight excluding hydrogens is 955 g/mol. The van der Waals surface area contributed by atoms with Crippen molar-refractivity contribution in [1.29, 1.82) is 0 Å². The van der Waals surface area contributed by atoms with Crippen LogP contribution in [0.2, 0.25) is 0 Å². The number of fused-ring (bicyclic) bond motifs is 2. The van der Waals surface area contributed by atoms with Gasteiger partial charge >= 0.3 is 6.01 Å². The second-order valence-electron chi connectivity index (χ2n) is 20.6. The van der Waals surface area contributed by atoms with Crippen LogP contribution >= 0.6 is 0 Å². The standard InChI is InChI=1S/C56H59F4N9O5/c1-32-30-73-54-48-51(49(60)50(63-54)47-40(42-23-44(42)59)17-18-45-43(47)26-62-69(45)46-8-5-6-21-72-46)64-55(74-31-56-19-7-20-67(56)29-37(58)24-56)65-53(48)68(32)33(2)41-22-36(57)25-61-52(41)66(27-34-9-13-38(70-3)14-10-34)28-35-11-15-39(71-4)16-12-35/h9-18,22,25-26,32-33,37,42,44,46H,5-8,19-21,23-24,27-31H2,1-4H3/t32-,33+,37+,42?,44?,46?,56-/m0/s1. The first kappa shape index (κ1) is 48.2. The topological polar surface area (TPSA) is 125 Å². The molecule has 3 unspecified atom stereocenters. The lowest BCUT2D eigenvalue weighted by Gasteiger charge is -2.37. The van der Waals surface area contributed by atoms with E-state index in [1.165, 1.54) is 12.3 Å². The van der Waals surface area contributed by atoms with E-state index >= 15 is 17.6 Å². The normalized spacial score (nSPS) is 23.9. The van der Waals surface area contributed by atoms with Gasteiger partial charge in [-0.2, -0.15) is 15.1 Å². The summed E-state index contributed by atoms with van der Waals surface area (Å²) in [5.41, 5.74) is 3.42. The molecule has 1 saturated carbocycles. The van der Waals surface area contributed by atoms with E-state index in [1.807, 2.05) is 84.1 Å². The summed E-state index contributed by atoms with van der Waals surface area (Å²) < 4.78 is 96.7. The van der Waals surface area contributed by atoms with Crippen LogP contribution in [-0.2, 0) is 17.8 Å². The summed E-state index contributed by atoms with van der Waals surface area (Å²) in [6, 6.07) is 19.5. The van der Waals surface area contributed by atoms with Crippen molar-refractivity contribution in [2.24, 2.45) is 0 Å². The van der Waals surface area contributed by atoms with Crippen molar-refractivity contribution in [3.8, 4) is 34.6 Å². The highest BCUT2D eigenvalue weighted by molar-refractivity contribution is 6.02. The molecule has 0 amide bonds. The maximum absolute atomic E-state index is 18.4. The highest BCUT2D eigenvalue weighted by atomic mass is 19.1. The van der Waals surface area contributed by atoms with Gasteiger partial charge in [0.2, 0.25) is 5.88 Å². The molecule has 14 nitrogen and oxygen atoms in total. The first-order valence-corrected chi connectivity index (χ1v) is 25.8. The summed E-state index contributed by atoms with van der Waals surface area (Å²) in [6.07, 6.45) is 5.38. The van der Waals surface area contributed by atoms with Gasteiger partial charge in [0.15, 0.2) is 12.0 Å². The molecule has 386 valence electrons. The number of hydrogen-bond acceptors (Lipinski definition) is 13. The van der Waals surface area contributed by atoms with Crippen LogP contribution in [0, 0.1) is 11.6 Å². The van der Waals surface area contributed by atoms with Crippen LogP contribution in [0.25, 0.3) is 33.1 Å². The maximum atomic E-state index is 18.4. The molecule has 0 bridgehead atoms. The van der Waals surface area contributed by atoms with Crippen LogP contribution < -0.4 is 28.7 Å². The van der Waals surface area contributed by atoms with Gasteiger partial charge in [0.05, 0.1) is 49.8 Å². The minimum Gasteiger partial charge on any atom is -0.497 e. The number of methoxy groups -OCH3 is 2. The van der Waals surface area contributed by atoms with Crippen LogP contribution in [0.1, 0.15) is 99.2 Å². The van der Waals surface area contributed by atoms with Crippen molar-refractivity contribution in [3.05, 3.63) is 113 Å². The maximum Gasteiger partial charge on any atom is 0.319 e. The Morgan fingerprint density at radius 1 is 0.905 bits per heavy atom. The van der Waals surface area contributed by atoms with E-state index in [9.17, 15) is 0 Å².